The maximum absolute atomic E-state index is 0. The fourth-order valence-corrected chi connectivity index (χ4v) is 0. The summed E-state index contributed by atoms with van der Waals surface area (Å²) < 4.78 is 0. The van der Waals surface area contributed by atoms with Crippen molar-refractivity contribution in [2.45, 2.75) is 0 Å². The van der Waals surface area contributed by atoms with E-state index in [9.17, 15) is 0 Å². The Morgan fingerprint density at radius 2 is 0.333 bits per heavy atom. The van der Waals surface area contributed by atoms with Gasteiger partial charge in [0.1, 0.15) is 0 Å². The zero-order valence-corrected chi connectivity index (χ0v) is 16.6. The van der Waals surface area contributed by atoms with Crippen LogP contribution in [0, 0.1) is 0 Å². The van der Waals surface area contributed by atoms with Gasteiger partial charge in [0.2, 0.25) is 0 Å². The van der Waals surface area contributed by atoms with Crippen LogP contribution in [-0.4, -0.2) is 42.4 Å². The molecule has 0 amide bonds. The van der Waals surface area contributed by atoms with Crippen LogP contribution in [0.3, 0.4) is 0 Å². The molecule has 0 radical (unpaired) electrons. The molecule has 0 nitrogen and oxygen atoms in total. The van der Waals surface area contributed by atoms with Crippen molar-refractivity contribution in [1.82, 2.24) is 0 Å². The van der Waals surface area contributed by atoms with E-state index < -0.39 is 0 Å². The van der Waals surface area contributed by atoms with Crippen molar-refractivity contribution < 1.29 is 23.5 Å². The van der Waals surface area contributed by atoms with Gasteiger partial charge in [-0.15, -0.1) is 62.0 Å². The summed E-state index contributed by atoms with van der Waals surface area (Å²) in [6.45, 7) is 0. The SMILES string of the molecule is Cl.Cl.Cl.Cl.Cl.F.F.F.F.F.[AsH3].[SbH3]. The molecule has 0 spiro atoms. The minimum atomic E-state index is 0. The van der Waals surface area contributed by atoms with Crippen molar-refractivity contribution in [1.29, 1.82) is 0 Å². The molecule has 0 saturated carbocycles. The van der Waals surface area contributed by atoms with Crippen LogP contribution in [0.2, 0.25) is 0 Å². The van der Waals surface area contributed by atoms with E-state index >= 15 is 0 Å². The Kier molecular flexibility index (Phi) is 12200. The minimum absolute atomic E-state index is 0. The van der Waals surface area contributed by atoms with Gasteiger partial charge in [-0.1, -0.05) is 0 Å². The normalized spacial score (nSPS) is 0. The Hall–Kier alpha value is 2.48. The van der Waals surface area contributed by atoms with Crippen molar-refractivity contribution in [3.05, 3.63) is 0 Å². The van der Waals surface area contributed by atoms with E-state index in [0.29, 0.717) is 0 Å². The van der Waals surface area contributed by atoms with Gasteiger partial charge in [-0.05, 0) is 0 Å². The monoisotopic (exact) mass is 482 g/mol. The molecule has 0 aromatic carbocycles. The predicted octanol–water partition coefficient (Wildman–Crippen LogP) is 0.504. The van der Waals surface area contributed by atoms with Gasteiger partial charge in [-0.3, -0.25) is 23.5 Å². The van der Waals surface area contributed by atoms with E-state index in [-0.39, 0.29) is 128 Å². The van der Waals surface area contributed by atoms with E-state index in [1.807, 2.05) is 0 Å². The summed E-state index contributed by atoms with van der Waals surface area (Å²) >= 11 is 0. The molecule has 0 rings (SSSR count). The summed E-state index contributed by atoms with van der Waals surface area (Å²) in [6.07, 6.45) is 0. The molecule has 96 valence electrons. The van der Waals surface area contributed by atoms with Crippen LogP contribution in [-0.2, 0) is 0 Å². The third-order valence-corrected chi connectivity index (χ3v) is 0. The molecule has 1 atom stereocenters. The molecule has 1 unspecified atom stereocenters. The van der Waals surface area contributed by atoms with Crippen LogP contribution in [0.5, 0.6) is 0 Å². The quantitative estimate of drug-likeness (QED) is 0.347. The average molecular weight is 485 g/mol. The molecule has 0 saturated heterocycles. The predicted molar refractivity (Wildman–Crippen MR) is 68.6 cm³/mol. The molecule has 0 heterocycles. The zero-order valence-electron chi connectivity index (χ0n) is 5.50. The first-order chi connectivity index (χ1) is 0. The number of hydrogen-bond donors (Lipinski definition) is 0. The third-order valence-electron chi connectivity index (χ3n) is 0. The van der Waals surface area contributed by atoms with E-state index in [4.69, 9.17) is 0 Å². The Morgan fingerprint density at radius 3 is 0.333 bits per heavy atom. The van der Waals surface area contributed by atoms with Gasteiger partial charge in [0, 0.05) is 0 Å². The summed E-state index contributed by atoms with van der Waals surface area (Å²) in [7, 11) is 0. The van der Waals surface area contributed by atoms with Gasteiger partial charge in [-0.25, -0.2) is 0 Å². The van der Waals surface area contributed by atoms with E-state index in [1.165, 1.54) is 0 Å². The molecule has 0 bridgehead atoms. The Balaban J connectivity index is 0. The molecule has 0 aliphatic rings. The first kappa shape index (κ1) is 429. The molecular formula is H16AsCl5F5Sb. The summed E-state index contributed by atoms with van der Waals surface area (Å²) in [4.78, 5) is 0. The van der Waals surface area contributed by atoms with Crippen LogP contribution in [0.15, 0.2) is 0 Å². The van der Waals surface area contributed by atoms with Gasteiger partial charge < -0.3 is 0 Å². The van der Waals surface area contributed by atoms with Gasteiger partial charge in [-0.2, -0.15) is 0 Å². The summed E-state index contributed by atoms with van der Waals surface area (Å²) in [5.74, 6) is 0. The van der Waals surface area contributed by atoms with E-state index in [2.05, 4.69) is 0 Å². The number of rotatable bonds is 0. The van der Waals surface area contributed by atoms with Gasteiger partial charge in [0.05, 0.1) is 0 Å². The Bertz CT molecular complexity index is 19.8. The van der Waals surface area contributed by atoms with E-state index in [1.54, 1.807) is 0 Å². The topological polar surface area (TPSA) is 0 Å². The van der Waals surface area contributed by atoms with Crippen LogP contribution in [0.25, 0.3) is 0 Å². The molecule has 0 aromatic rings. The van der Waals surface area contributed by atoms with E-state index in [0.717, 1.165) is 0 Å². The van der Waals surface area contributed by atoms with Crippen molar-refractivity contribution in [3.8, 4) is 0 Å². The number of halogens is 10. The van der Waals surface area contributed by atoms with Gasteiger partial charge >= 0.3 is 42.4 Å². The Morgan fingerprint density at radius 1 is 0.333 bits per heavy atom. The molecule has 12 heavy (non-hydrogen) atoms. The Labute approximate surface area is 127 Å². The van der Waals surface area contributed by atoms with Gasteiger partial charge in [0.25, 0.3) is 0 Å². The first-order valence-electron chi connectivity index (χ1n) is 0. The van der Waals surface area contributed by atoms with Crippen LogP contribution in [0.4, 0.5) is 23.5 Å². The van der Waals surface area contributed by atoms with Crippen LogP contribution in [0.1, 0.15) is 0 Å². The second-order valence-corrected chi connectivity index (χ2v) is 0. The van der Waals surface area contributed by atoms with Crippen molar-refractivity contribution in [2.75, 3.05) is 0 Å². The standard InChI is InChI=1S/AsH3.5ClH.5FH.Sb.3H/h1H3;10*1H;;;;. The van der Waals surface area contributed by atoms with Crippen LogP contribution < -0.4 is 0 Å². The average Bonchev–Trinajstić information content (AvgIpc) is 0. The molecule has 0 aliphatic carbocycles. The molecule has 0 aliphatic heterocycles. The molecule has 0 N–H and O–H groups in total. The van der Waals surface area contributed by atoms with Crippen LogP contribution >= 0.6 is 62.0 Å². The fourth-order valence-electron chi connectivity index (χ4n) is 0. The van der Waals surface area contributed by atoms with Crippen molar-refractivity contribution >= 4 is 104 Å². The summed E-state index contributed by atoms with van der Waals surface area (Å²) in [5, 5.41) is 0. The summed E-state index contributed by atoms with van der Waals surface area (Å²) in [6, 6.07) is 0. The molecule has 0 fully saturated rings. The molecule has 0 aromatic heterocycles. The molecular weight excluding hydrogens is 469 g/mol. The van der Waals surface area contributed by atoms with Crippen molar-refractivity contribution in [3.63, 3.8) is 0 Å². The van der Waals surface area contributed by atoms with Crippen molar-refractivity contribution in [2.24, 2.45) is 0 Å². The third kappa shape index (κ3) is 268. The maximum atomic E-state index is 0. The zero-order chi connectivity index (χ0) is 0. The molecule has 12 heteroatoms. The first-order valence-corrected chi connectivity index (χ1v) is 0. The fraction of sp³-hybridized carbons (Fsp3) is 0. The second-order valence-electron chi connectivity index (χ2n) is 0. The number of hydrogen-bond acceptors (Lipinski definition) is 0. The van der Waals surface area contributed by atoms with Gasteiger partial charge in [0.15, 0.2) is 0 Å². The second kappa shape index (κ2) is 342. The summed E-state index contributed by atoms with van der Waals surface area (Å²) in [5.41, 5.74) is 0.